The van der Waals surface area contributed by atoms with E-state index >= 15 is 0 Å². The second kappa shape index (κ2) is 5.30. The van der Waals surface area contributed by atoms with Gasteiger partial charge < -0.3 is 9.88 Å². The van der Waals surface area contributed by atoms with Crippen LogP contribution in [0.1, 0.15) is 25.7 Å². The third-order valence-electron chi connectivity index (χ3n) is 3.65. The van der Waals surface area contributed by atoms with Gasteiger partial charge in [0.05, 0.1) is 0 Å². The minimum atomic E-state index is 0.0882. The van der Waals surface area contributed by atoms with Crippen molar-refractivity contribution in [3.63, 3.8) is 0 Å². The summed E-state index contributed by atoms with van der Waals surface area (Å²) in [4.78, 5) is 11.0. The first-order valence-corrected chi connectivity index (χ1v) is 6.13. The molecule has 3 heteroatoms. The highest BCUT2D eigenvalue weighted by atomic mass is 16.1. The van der Waals surface area contributed by atoms with E-state index in [9.17, 15) is 4.79 Å². The van der Waals surface area contributed by atoms with E-state index in [1.165, 1.54) is 25.7 Å². The van der Waals surface area contributed by atoms with Crippen LogP contribution in [-0.4, -0.2) is 17.7 Å². The van der Waals surface area contributed by atoms with E-state index in [1.807, 2.05) is 12.4 Å². The van der Waals surface area contributed by atoms with Crippen molar-refractivity contribution in [2.75, 3.05) is 7.05 Å². The first-order chi connectivity index (χ1) is 7.79. The van der Waals surface area contributed by atoms with Gasteiger partial charge in [-0.15, -0.1) is 0 Å². The Morgan fingerprint density at radius 2 is 2.12 bits per heavy atom. The van der Waals surface area contributed by atoms with Gasteiger partial charge in [0.2, 0.25) is 0 Å². The topological polar surface area (TPSA) is 34.0 Å². The molecule has 0 radical (unpaired) electrons. The zero-order chi connectivity index (χ0) is 11.4. The molecule has 0 saturated heterocycles. The Morgan fingerprint density at radius 3 is 2.81 bits per heavy atom. The van der Waals surface area contributed by atoms with Crippen molar-refractivity contribution < 1.29 is 0 Å². The third-order valence-corrected chi connectivity index (χ3v) is 3.65. The van der Waals surface area contributed by atoms with Crippen LogP contribution in [0.15, 0.2) is 29.3 Å². The summed E-state index contributed by atoms with van der Waals surface area (Å²) >= 11 is 0. The molecule has 2 rings (SSSR count). The Morgan fingerprint density at radius 1 is 1.38 bits per heavy atom. The predicted octanol–water partition coefficient (Wildman–Crippen LogP) is 1.63. The molecule has 0 bridgehead atoms. The first-order valence-electron chi connectivity index (χ1n) is 6.13. The highest BCUT2D eigenvalue weighted by Gasteiger charge is 2.24. The summed E-state index contributed by atoms with van der Waals surface area (Å²) in [5.74, 6) is 0.796. The molecule has 0 spiro atoms. The molecule has 1 saturated carbocycles. The first kappa shape index (κ1) is 11.4. The molecule has 1 aliphatic carbocycles. The fourth-order valence-electron chi connectivity index (χ4n) is 2.67. The third kappa shape index (κ3) is 2.73. The van der Waals surface area contributed by atoms with E-state index in [2.05, 4.69) is 16.9 Å². The lowest BCUT2D eigenvalue weighted by Gasteiger charge is -2.19. The highest BCUT2D eigenvalue weighted by molar-refractivity contribution is 4.93. The lowest BCUT2D eigenvalue weighted by Crippen LogP contribution is -2.29. The molecule has 2 unspecified atom stereocenters. The van der Waals surface area contributed by atoms with Gasteiger partial charge >= 0.3 is 0 Å². The predicted molar refractivity (Wildman–Crippen MR) is 65.5 cm³/mol. The maximum Gasteiger partial charge on any atom is 0.181 e. The lowest BCUT2D eigenvalue weighted by molar-refractivity contribution is 0.377. The molecule has 0 aliphatic heterocycles. The van der Waals surface area contributed by atoms with E-state index in [1.54, 1.807) is 12.1 Å². The summed E-state index contributed by atoms with van der Waals surface area (Å²) in [5.41, 5.74) is 0.0882. The summed E-state index contributed by atoms with van der Waals surface area (Å²) in [6.45, 7) is 1.02. The maximum atomic E-state index is 11.0. The second-order valence-corrected chi connectivity index (χ2v) is 4.65. The number of nitrogens with zero attached hydrogens (tertiary/aromatic N) is 1. The molecule has 3 nitrogen and oxygen atoms in total. The summed E-state index contributed by atoms with van der Waals surface area (Å²) in [5, 5.41) is 3.40. The van der Waals surface area contributed by atoms with Crippen LogP contribution in [0.4, 0.5) is 0 Å². The van der Waals surface area contributed by atoms with E-state index < -0.39 is 0 Å². The minimum Gasteiger partial charge on any atom is -0.354 e. The molecule has 0 aromatic carbocycles. The summed E-state index contributed by atoms with van der Waals surface area (Å²) < 4.78 is 2.10. The Kier molecular flexibility index (Phi) is 3.78. The largest absolute Gasteiger partial charge is 0.354 e. The van der Waals surface area contributed by atoms with Gasteiger partial charge in [0.25, 0.3) is 0 Å². The minimum absolute atomic E-state index is 0.0882. The van der Waals surface area contributed by atoms with E-state index in [0.717, 1.165) is 12.5 Å². The van der Waals surface area contributed by atoms with Gasteiger partial charge in [0.15, 0.2) is 5.43 Å². The van der Waals surface area contributed by atoms with Crippen LogP contribution in [-0.2, 0) is 6.54 Å². The van der Waals surface area contributed by atoms with Gasteiger partial charge in [-0.05, 0) is 32.2 Å². The van der Waals surface area contributed by atoms with Crippen LogP contribution < -0.4 is 10.7 Å². The maximum absolute atomic E-state index is 11.0. The van der Waals surface area contributed by atoms with Crippen molar-refractivity contribution in [2.24, 2.45) is 5.92 Å². The summed E-state index contributed by atoms with van der Waals surface area (Å²) in [7, 11) is 2.06. The molecule has 1 N–H and O–H groups in total. The van der Waals surface area contributed by atoms with Crippen LogP contribution in [0.5, 0.6) is 0 Å². The summed E-state index contributed by atoms with van der Waals surface area (Å²) in [6, 6.07) is 3.95. The molecule has 1 aromatic heterocycles. The molecule has 1 fully saturated rings. The van der Waals surface area contributed by atoms with Crippen molar-refractivity contribution >= 4 is 0 Å². The number of hydrogen-bond acceptors (Lipinski definition) is 2. The average Bonchev–Trinajstić information content (AvgIpc) is 2.76. The fourth-order valence-corrected chi connectivity index (χ4v) is 2.67. The Balaban J connectivity index is 1.87. The molecule has 2 atom stereocenters. The Hall–Kier alpha value is -1.09. The molecule has 1 aromatic rings. The molecule has 16 heavy (non-hydrogen) atoms. The molecular formula is C13H20N2O. The smallest absolute Gasteiger partial charge is 0.181 e. The number of aromatic nitrogens is 1. The van der Waals surface area contributed by atoms with Gasteiger partial charge in [0.1, 0.15) is 0 Å². The van der Waals surface area contributed by atoms with E-state index in [4.69, 9.17) is 0 Å². The molecule has 0 amide bonds. The number of hydrogen-bond donors (Lipinski definition) is 1. The summed E-state index contributed by atoms with van der Waals surface area (Å²) in [6.07, 6.45) is 8.96. The van der Waals surface area contributed by atoms with Crippen molar-refractivity contribution in [1.29, 1.82) is 0 Å². The van der Waals surface area contributed by atoms with Crippen molar-refractivity contribution in [1.82, 2.24) is 9.88 Å². The zero-order valence-corrected chi connectivity index (χ0v) is 9.86. The normalized spacial score (nSPS) is 24.8. The zero-order valence-electron chi connectivity index (χ0n) is 9.86. The second-order valence-electron chi connectivity index (χ2n) is 4.65. The van der Waals surface area contributed by atoms with Crippen LogP contribution in [0.2, 0.25) is 0 Å². The molecule has 1 heterocycles. The fraction of sp³-hybridized carbons (Fsp3) is 0.615. The van der Waals surface area contributed by atoms with Gasteiger partial charge in [0, 0.05) is 37.1 Å². The van der Waals surface area contributed by atoms with Crippen LogP contribution in [0.3, 0.4) is 0 Å². The monoisotopic (exact) mass is 220 g/mol. The standard InChI is InChI=1S/C13H20N2O/c1-14-13-4-2-3-11(13)5-8-15-9-6-12(16)7-10-15/h6-7,9-11,13-14H,2-5,8H2,1H3. The Bertz CT molecular complexity index is 365. The number of nitrogens with one attached hydrogen (secondary N) is 1. The van der Waals surface area contributed by atoms with Crippen molar-refractivity contribution in [3.8, 4) is 0 Å². The molecule has 1 aliphatic rings. The van der Waals surface area contributed by atoms with Gasteiger partial charge in [-0.2, -0.15) is 0 Å². The average molecular weight is 220 g/mol. The van der Waals surface area contributed by atoms with Crippen molar-refractivity contribution in [3.05, 3.63) is 34.7 Å². The Labute approximate surface area is 96.5 Å². The highest BCUT2D eigenvalue weighted by Crippen LogP contribution is 2.28. The van der Waals surface area contributed by atoms with E-state index in [-0.39, 0.29) is 5.43 Å². The van der Waals surface area contributed by atoms with Crippen LogP contribution in [0.25, 0.3) is 0 Å². The number of rotatable bonds is 4. The number of pyridine rings is 1. The van der Waals surface area contributed by atoms with Gasteiger partial charge in [-0.1, -0.05) is 6.42 Å². The van der Waals surface area contributed by atoms with Gasteiger partial charge in [-0.3, -0.25) is 4.79 Å². The van der Waals surface area contributed by atoms with Crippen LogP contribution in [0, 0.1) is 5.92 Å². The lowest BCUT2D eigenvalue weighted by atomic mass is 10.00. The molecular weight excluding hydrogens is 200 g/mol. The molecule has 88 valence electrons. The van der Waals surface area contributed by atoms with Gasteiger partial charge in [-0.25, -0.2) is 0 Å². The number of aryl methyl sites for hydroxylation is 1. The SMILES string of the molecule is CNC1CCCC1CCn1ccc(=O)cc1. The quantitative estimate of drug-likeness (QED) is 0.836. The van der Waals surface area contributed by atoms with Crippen molar-refractivity contribution in [2.45, 2.75) is 38.3 Å². The van der Waals surface area contributed by atoms with Crippen LogP contribution >= 0.6 is 0 Å². The van der Waals surface area contributed by atoms with E-state index in [0.29, 0.717) is 6.04 Å².